The van der Waals surface area contributed by atoms with Crippen molar-refractivity contribution in [2.24, 2.45) is 0 Å². The molecule has 6 heteroatoms. The molecule has 2 heterocycles. The van der Waals surface area contributed by atoms with Crippen molar-refractivity contribution in [3.05, 3.63) is 30.2 Å². The number of hydrogen-bond donors (Lipinski definition) is 0. The Bertz CT molecular complexity index is 646. The van der Waals surface area contributed by atoms with Crippen molar-refractivity contribution in [2.75, 3.05) is 18.6 Å². The second-order valence-corrected chi connectivity index (χ2v) is 4.95. The van der Waals surface area contributed by atoms with Crippen LogP contribution in [0.5, 0.6) is 0 Å². The number of pyridine rings is 1. The molecular weight excluding hydrogens is 274 g/mol. The van der Waals surface area contributed by atoms with Gasteiger partial charge in [0.25, 0.3) is 0 Å². The summed E-state index contributed by atoms with van der Waals surface area (Å²) in [5, 5.41) is 1.54. The minimum atomic E-state index is -0.493. The summed E-state index contributed by atoms with van der Waals surface area (Å²) in [6.45, 7) is 1.80. The molecule has 0 radical (unpaired) electrons. The van der Waals surface area contributed by atoms with E-state index >= 15 is 0 Å². The first kappa shape index (κ1) is 14.0. The number of carbonyl (C=O) groups is 1. The van der Waals surface area contributed by atoms with Crippen molar-refractivity contribution in [3.8, 4) is 22.9 Å². The Morgan fingerprint density at radius 1 is 1.60 bits per heavy atom. The standard InChI is InChI=1S/C14H13N3O2S/c1-4-8-19-14(18)17(3)13-10(2)16-12(20-13)11-6-5-7-15-9-11/h1,5-7,9H,8H2,2-3H3. The van der Waals surface area contributed by atoms with Gasteiger partial charge >= 0.3 is 6.09 Å². The van der Waals surface area contributed by atoms with E-state index in [1.165, 1.54) is 16.2 Å². The van der Waals surface area contributed by atoms with Crippen LogP contribution >= 0.6 is 11.3 Å². The predicted octanol–water partition coefficient (Wildman–Crippen LogP) is 2.72. The molecule has 102 valence electrons. The fraction of sp³-hybridized carbons (Fsp3) is 0.214. The first-order chi connectivity index (χ1) is 9.63. The summed E-state index contributed by atoms with van der Waals surface area (Å²) >= 11 is 1.40. The molecule has 0 aliphatic rings. The largest absolute Gasteiger partial charge is 0.436 e. The highest BCUT2D eigenvalue weighted by molar-refractivity contribution is 7.19. The monoisotopic (exact) mass is 287 g/mol. The molecule has 0 aromatic carbocycles. The summed E-state index contributed by atoms with van der Waals surface area (Å²) in [4.78, 5) is 21.7. The fourth-order valence-electron chi connectivity index (χ4n) is 1.60. The third-order valence-electron chi connectivity index (χ3n) is 2.54. The molecule has 0 atom stereocenters. The molecule has 0 aliphatic carbocycles. The maximum Gasteiger partial charge on any atom is 0.415 e. The Labute approximate surface area is 121 Å². The highest BCUT2D eigenvalue weighted by Crippen LogP contribution is 2.33. The van der Waals surface area contributed by atoms with Gasteiger partial charge in [0, 0.05) is 25.0 Å². The van der Waals surface area contributed by atoms with Crippen LogP contribution in [0.2, 0.25) is 0 Å². The van der Waals surface area contributed by atoms with E-state index in [0.29, 0.717) is 0 Å². The van der Waals surface area contributed by atoms with Crippen LogP contribution in [-0.4, -0.2) is 29.7 Å². The highest BCUT2D eigenvalue weighted by atomic mass is 32.1. The first-order valence-electron chi connectivity index (χ1n) is 5.85. The van der Waals surface area contributed by atoms with E-state index in [-0.39, 0.29) is 6.61 Å². The maximum atomic E-state index is 11.8. The molecule has 1 amide bonds. The summed E-state index contributed by atoms with van der Waals surface area (Å²) in [7, 11) is 1.63. The molecule has 2 rings (SSSR count). The fourth-order valence-corrected chi connectivity index (χ4v) is 2.60. The average Bonchev–Trinajstić information content (AvgIpc) is 2.87. The third kappa shape index (κ3) is 2.95. The Morgan fingerprint density at radius 2 is 2.40 bits per heavy atom. The van der Waals surface area contributed by atoms with Gasteiger partial charge in [-0.15, -0.1) is 6.42 Å². The van der Waals surface area contributed by atoms with Gasteiger partial charge in [-0.05, 0) is 19.1 Å². The lowest BCUT2D eigenvalue weighted by molar-refractivity contribution is 0.169. The zero-order chi connectivity index (χ0) is 14.5. The van der Waals surface area contributed by atoms with E-state index in [1.807, 2.05) is 19.1 Å². The normalized spacial score (nSPS) is 9.85. The number of nitrogens with zero attached hydrogens (tertiary/aromatic N) is 3. The first-order valence-corrected chi connectivity index (χ1v) is 6.67. The van der Waals surface area contributed by atoms with E-state index in [2.05, 4.69) is 15.9 Å². The Kier molecular flexibility index (Phi) is 4.33. The van der Waals surface area contributed by atoms with Crippen molar-refractivity contribution in [1.29, 1.82) is 0 Å². The molecule has 0 fully saturated rings. The van der Waals surface area contributed by atoms with Crippen molar-refractivity contribution < 1.29 is 9.53 Å². The third-order valence-corrected chi connectivity index (χ3v) is 3.82. The molecule has 0 bridgehead atoms. The number of amides is 1. The minimum Gasteiger partial charge on any atom is -0.436 e. The van der Waals surface area contributed by atoms with Crippen LogP contribution < -0.4 is 4.90 Å². The SMILES string of the molecule is C#CCOC(=O)N(C)c1sc(-c2cccnc2)nc1C. The molecule has 2 aromatic heterocycles. The van der Waals surface area contributed by atoms with Crippen molar-refractivity contribution in [2.45, 2.75) is 6.92 Å². The topological polar surface area (TPSA) is 55.3 Å². The second kappa shape index (κ2) is 6.17. The number of thiazole rings is 1. The lowest BCUT2D eigenvalue weighted by atomic mass is 10.3. The molecule has 2 aromatic rings. The minimum absolute atomic E-state index is 0.0452. The van der Waals surface area contributed by atoms with E-state index < -0.39 is 6.09 Å². The molecule has 0 unspecified atom stereocenters. The number of carbonyl (C=O) groups excluding carboxylic acids is 1. The van der Waals surface area contributed by atoms with E-state index in [1.54, 1.807) is 19.4 Å². The number of rotatable bonds is 3. The van der Waals surface area contributed by atoms with Crippen molar-refractivity contribution in [3.63, 3.8) is 0 Å². The number of aryl methyl sites for hydroxylation is 1. The van der Waals surface area contributed by atoms with E-state index in [0.717, 1.165) is 21.3 Å². The summed E-state index contributed by atoms with van der Waals surface area (Å²) in [6, 6.07) is 3.77. The number of ether oxygens (including phenoxy) is 1. The number of aromatic nitrogens is 2. The van der Waals surface area contributed by atoms with E-state index in [9.17, 15) is 4.79 Å². The van der Waals surface area contributed by atoms with Crippen molar-refractivity contribution in [1.82, 2.24) is 9.97 Å². The van der Waals surface area contributed by atoms with Gasteiger partial charge < -0.3 is 4.74 Å². The predicted molar refractivity (Wildman–Crippen MR) is 78.7 cm³/mol. The van der Waals surface area contributed by atoms with Gasteiger partial charge in [-0.1, -0.05) is 17.3 Å². The molecule has 0 saturated carbocycles. The highest BCUT2D eigenvalue weighted by Gasteiger charge is 2.19. The van der Waals surface area contributed by atoms with Gasteiger partial charge in [-0.2, -0.15) is 0 Å². The van der Waals surface area contributed by atoms with Gasteiger partial charge in [0.15, 0.2) is 6.61 Å². The van der Waals surface area contributed by atoms with Gasteiger partial charge in [0.1, 0.15) is 10.0 Å². The van der Waals surface area contributed by atoms with Crippen LogP contribution in [0.3, 0.4) is 0 Å². The molecular formula is C14H13N3O2S. The maximum absolute atomic E-state index is 11.8. The zero-order valence-corrected chi connectivity index (χ0v) is 12.0. The van der Waals surface area contributed by atoms with Gasteiger partial charge in [-0.25, -0.2) is 9.78 Å². The zero-order valence-electron chi connectivity index (χ0n) is 11.2. The van der Waals surface area contributed by atoms with Crippen LogP contribution in [0.15, 0.2) is 24.5 Å². The van der Waals surface area contributed by atoms with Gasteiger partial charge in [0.05, 0.1) is 5.69 Å². The Balaban J connectivity index is 2.24. The van der Waals surface area contributed by atoms with Crippen LogP contribution in [-0.2, 0) is 4.74 Å². The number of hydrogen-bond acceptors (Lipinski definition) is 5. The summed E-state index contributed by atoms with van der Waals surface area (Å²) in [5.41, 5.74) is 1.67. The van der Waals surface area contributed by atoms with Crippen LogP contribution in [0.1, 0.15) is 5.69 Å². The summed E-state index contributed by atoms with van der Waals surface area (Å²) in [5.74, 6) is 2.26. The Morgan fingerprint density at radius 3 is 3.05 bits per heavy atom. The molecule has 0 spiro atoms. The van der Waals surface area contributed by atoms with Gasteiger partial charge in [0.2, 0.25) is 0 Å². The molecule has 20 heavy (non-hydrogen) atoms. The quantitative estimate of drug-likeness (QED) is 0.814. The smallest absolute Gasteiger partial charge is 0.415 e. The van der Waals surface area contributed by atoms with Crippen LogP contribution in [0, 0.1) is 19.3 Å². The molecule has 0 N–H and O–H groups in total. The molecule has 0 aliphatic heterocycles. The summed E-state index contributed by atoms with van der Waals surface area (Å²) in [6.07, 6.45) is 8.01. The van der Waals surface area contributed by atoms with Gasteiger partial charge in [-0.3, -0.25) is 9.88 Å². The van der Waals surface area contributed by atoms with E-state index in [4.69, 9.17) is 11.2 Å². The Hall–Kier alpha value is -2.39. The lowest BCUT2D eigenvalue weighted by Crippen LogP contribution is -2.26. The van der Waals surface area contributed by atoms with Crippen molar-refractivity contribution >= 4 is 22.4 Å². The summed E-state index contributed by atoms with van der Waals surface area (Å²) < 4.78 is 4.89. The number of anilines is 1. The number of terminal acetylenes is 1. The molecule has 0 saturated heterocycles. The van der Waals surface area contributed by atoms with Crippen LogP contribution in [0.4, 0.5) is 9.80 Å². The average molecular weight is 287 g/mol. The molecule has 5 nitrogen and oxygen atoms in total. The lowest BCUT2D eigenvalue weighted by Gasteiger charge is -2.14. The van der Waals surface area contributed by atoms with Crippen LogP contribution in [0.25, 0.3) is 10.6 Å². The second-order valence-electron chi connectivity index (χ2n) is 3.97.